The predicted molar refractivity (Wildman–Crippen MR) is 104 cm³/mol. The molecule has 1 saturated carbocycles. The Kier molecular flexibility index (Phi) is 6.14. The molecule has 1 N–H and O–H groups in total. The number of piperidine rings is 1. The van der Waals surface area contributed by atoms with E-state index in [1.54, 1.807) is 9.80 Å². The van der Waals surface area contributed by atoms with Gasteiger partial charge in [0.1, 0.15) is 18.8 Å². The predicted octanol–water partition coefficient (Wildman–Crippen LogP) is 1.76. The van der Waals surface area contributed by atoms with Crippen LogP contribution in [-0.2, 0) is 14.3 Å². The Hall–Kier alpha value is -0.920. The lowest BCUT2D eigenvalue weighted by molar-refractivity contribution is -0.173. The smallest absolute Gasteiger partial charge is 0.247 e. The first-order valence-corrected chi connectivity index (χ1v) is 11.1. The van der Waals surface area contributed by atoms with Crippen molar-refractivity contribution in [2.75, 3.05) is 32.8 Å². The Morgan fingerprint density at radius 3 is 2.54 bits per heavy atom. The Labute approximate surface area is 171 Å². The zero-order chi connectivity index (χ0) is 19.8. The molecule has 0 spiro atoms. The van der Waals surface area contributed by atoms with Crippen molar-refractivity contribution in [3.8, 4) is 0 Å². The summed E-state index contributed by atoms with van der Waals surface area (Å²) in [6.45, 7) is 4.42. The lowest BCUT2D eigenvalue weighted by Crippen LogP contribution is -2.70. The van der Waals surface area contributed by atoms with Crippen LogP contribution in [0.2, 0.25) is 0 Å². The molecule has 0 bridgehead atoms. The maximum Gasteiger partial charge on any atom is 0.247 e. The van der Waals surface area contributed by atoms with Crippen molar-refractivity contribution in [1.29, 1.82) is 0 Å². The maximum atomic E-state index is 13.5. The largest absolute Gasteiger partial charge is 0.380 e. The highest BCUT2D eigenvalue weighted by atomic mass is 35.5. The average Bonchev–Trinajstić information content (AvgIpc) is 2.61. The molecular weight excluding hydrogens is 385 g/mol. The van der Waals surface area contributed by atoms with Gasteiger partial charge in [-0.05, 0) is 43.9 Å². The van der Waals surface area contributed by atoms with E-state index in [0.29, 0.717) is 39.1 Å². The Morgan fingerprint density at radius 2 is 1.93 bits per heavy atom. The molecule has 28 heavy (non-hydrogen) atoms. The molecule has 0 aromatic heterocycles. The fourth-order valence-electron chi connectivity index (χ4n) is 5.18. The quantitative estimate of drug-likeness (QED) is 0.711. The van der Waals surface area contributed by atoms with Crippen LogP contribution < -0.4 is 5.32 Å². The third kappa shape index (κ3) is 4.03. The van der Waals surface area contributed by atoms with Crippen molar-refractivity contribution >= 4 is 23.4 Å². The van der Waals surface area contributed by atoms with Gasteiger partial charge >= 0.3 is 0 Å². The lowest BCUT2D eigenvalue weighted by Gasteiger charge is -2.50. The monoisotopic (exact) mass is 415 g/mol. The van der Waals surface area contributed by atoms with Crippen LogP contribution in [0.25, 0.3) is 0 Å². The third-order valence-electron chi connectivity index (χ3n) is 6.89. The normalized spacial score (nSPS) is 40.5. The van der Waals surface area contributed by atoms with Gasteiger partial charge in [0.15, 0.2) is 0 Å². The number of hydrogen-bond acceptors (Lipinski definition) is 4. The average molecular weight is 416 g/mol. The van der Waals surface area contributed by atoms with Crippen LogP contribution in [0.4, 0.5) is 4.39 Å². The van der Waals surface area contributed by atoms with E-state index in [2.05, 4.69) is 12.2 Å². The number of ether oxygens (including phenoxy) is 1. The Morgan fingerprint density at radius 1 is 1.21 bits per heavy atom. The summed E-state index contributed by atoms with van der Waals surface area (Å²) in [5.74, 6) is 0.543. The highest BCUT2D eigenvalue weighted by Crippen LogP contribution is 2.33. The first kappa shape index (κ1) is 20.4. The minimum Gasteiger partial charge on any atom is -0.380 e. The third-order valence-corrected chi connectivity index (χ3v) is 7.22. The van der Waals surface area contributed by atoms with E-state index >= 15 is 0 Å². The zero-order valence-corrected chi connectivity index (χ0v) is 17.2. The molecule has 3 unspecified atom stereocenters. The van der Waals surface area contributed by atoms with Crippen LogP contribution in [-0.4, -0.2) is 78.2 Å². The number of carbonyl (C=O) groups is 2. The van der Waals surface area contributed by atoms with Gasteiger partial charge < -0.3 is 14.5 Å². The van der Waals surface area contributed by atoms with Crippen LogP contribution in [0, 0.1) is 17.8 Å². The standard InChI is InChI=1S/C20H31ClFN3O3/c1-12-6-15(21)7-23-19(12)25-9-17(26)24(8-13-2-4-16(22)5-3-13)18(20(25)27)14-10-28-11-14/h12-16,18-19,23H,2-11H2,1H3/t12?,13?,15?,16?,18-,19?/m0/s1. The number of hydrogen-bond donors (Lipinski definition) is 1. The van der Waals surface area contributed by atoms with Crippen LogP contribution in [0.3, 0.4) is 0 Å². The van der Waals surface area contributed by atoms with Crippen molar-refractivity contribution in [1.82, 2.24) is 15.1 Å². The molecule has 3 saturated heterocycles. The van der Waals surface area contributed by atoms with Crippen LogP contribution >= 0.6 is 11.6 Å². The van der Waals surface area contributed by atoms with E-state index in [9.17, 15) is 14.0 Å². The van der Waals surface area contributed by atoms with Crippen molar-refractivity contribution in [2.24, 2.45) is 17.8 Å². The summed E-state index contributed by atoms with van der Waals surface area (Å²) in [6, 6.07) is -0.458. The van der Waals surface area contributed by atoms with E-state index in [-0.39, 0.29) is 47.7 Å². The first-order chi connectivity index (χ1) is 13.4. The topological polar surface area (TPSA) is 61.9 Å². The zero-order valence-electron chi connectivity index (χ0n) is 16.5. The summed E-state index contributed by atoms with van der Waals surface area (Å²) in [5, 5.41) is 3.42. The molecule has 4 rings (SSSR count). The lowest BCUT2D eigenvalue weighted by atomic mass is 9.85. The number of alkyl halides is 2. The Balaban J connectivity index is 1.49. The molecule has 0 radical (unpaired) electrons. The molecule has 0 aromatic rings. The minimum atomic E-state index is -0.717. The number of piperazine rings is 1. The van der Waals surface area contributed by atoms with E-state index in [1.165, 1.54) is 0 Å². The molecule has 2 amide bonds. The molecule has 3 heterocycles. The highest BCUT2D eigenvalue weighted by Gasteiger charge is 2.49. The summed E-state index contributed by atoms with van der Waals surface area (Å²) in [6.07, 6.45) is 2.65. The number of amides is 2. The molecule has 158 valence electrons. The molecular formula is C20H31ClFN3O3. The SMILES string of the molecule is CC1CC(Cl)CNC1N1CC(=O)N(CC2CCC(F)CC2)[C@@H](C2COC2)C1=O. The molecule has 1 aliphatic carbocycles. The van der Waals surface area contributed by atoms with Gasteiger partial charge in [-0.2, -0.15) is 0 Å². The van der Waals surface area contributed by atoms with Gasteiger partial charge in [0.25, 0.3) is 0 Å². The van der Waals surface area contributed by atoms with Crippen molar-refractivity contribution in [2.45, 2.75) is 62.8 Å². The van der Waals surface area contributed by atoms with Crippen molar-refractivity contribution in [3.05, 3.63) is 0 Å². The number of rotatable bonds is 4. The van der Waals surface area contributed by atoms with Gasteiger partial charge in [0.05, 0.1) is 19.4 Å². The van der Waals surface area contributed by atoms with E-state index in [0.717, 1.165) is 19.3 Å². The number of nitrogens with zero attached hydrogens (tertiary/aromatic N) is 2. The van der Waals surface area contributed by atoms with E-state index in [1.807, 2.05) is 0 Å². The van der Waals surface area contributed by atoms with Gasteiger partial charge in [0, 0.05) is 24.4 Å². The van der Waals surface area contributed by atoms with Crippen LogP contribution in [0.5, 0.6) is 0 Å². The minimum absolute atomic E-state index is 0.000805. The van der Waals surface area contributed by atoms with Gasteiger partial charge in [-0.1, -0.05) is 6.92 Å². The molecule has 4 aliphatic rings. The van der Waals surface area contributed by atoms with E-state index < -0.39 is 12.2 Å². The summed E-state index contributed by atoms with van der Waals surface area (Å²) in [5.41, 5.74) is 0. The second kappa shape index (κ2) is 8.44. The van der Waals surface area contributed by atoms with Gasteiger partial charge in [-0.15, -0.1) is 11.6 Å². The summed E-state index contributed by atoms with van der Waals surface area (Å²) >= 11 is 6.25. The first-order valence-electron chi connectivity index (χ1n) is 10.6. The van der Waals surface area contributed by atoms with E-state index in [4.69, 9.17) is 16.3 Å². The second-order valence-corrected chi connectivity index (χ2v) is 9.65. The summed E-state index contributed by atoms with van der Waals surface area (Å²) in [4.78, 5) is 30.1. The highest BCUT2D eigenvalue weighted by molar-refractivity contribution is 6.20. The number of nitrogens with one attached hydrogen (secondary N) is 1. The van der Waals surface area contributed by atoms with Gasteiger partial charge in [0.2, 0.25) is 11.8 Å². The van der Waals surface area contributed by atoms with Crippen LogP contribution in [0.15, 0.2) is 0 Å². The fourth-order valence-corrected chi connectivity index (χ4v) is 5.55. The van der Waals surface area contributed by atoms with Gasteiger partial charge in [-0.3, -0.25) is 14.9 Å². The number of halogens is 2. The number of carbonyl (C=O) groups excluding carboxylic acids is 2. The molecule has 4 atom stereocenters. The molecule has 3 aliphatic heterocycles. The molecule has 0 aromatic carbocycles. The Bertz CT molecular complexity index is 597. The van der Waals surface area contributed by atoms with Gasteiger partial charge in [-0.25, -0.2) is 4.39 Å². The maximum absolute atomic E-state index is 13.5. The molecule has 6 nitrogen and oxygen atoms in total. The summed E-state index contributed by atoms with van der Waals surface area (Å²) in [7, 11) is 0. The van der Waals surface area contributed by atoms with Crippen molar-refractivity contribution in [3.63, 3.8) is 0 Å². The summed E-state index contributed by atoms with van der Waals surface area (Å²) < 4.78 is 18.8. The second-order valence-electron chi connectivity index (χ2n) is 9.04. The molecule has 4 fully saturated rings. The van der Waals surface area contributed by atoms with Crippen molar-refractivity contribution < 1.29 is 18.7 Å². The fraction of sp³-hybridized carbons (Fsp3) is 0.900. The van der Waals surface area contributed by atoms with Crippen LogP contribution in [0.1, 0.15) is 39.0 Å². The molecule has 8 heteroatoms.